The molecule has 0 nitrogen and oxygen atoms in total. The molecule has 0 fully saturated rings. The van der Waals surface area contributed by atoms with Gasteiger partial charge >= 0.3 is 0 Å². The van der Waals surface area contributed by atoms with Gasteiger partial charge in [-0.3, -0.25) is 0 Å². The van der Waals surface area contributed by atoms with Crippen LogP contribution in [-0.4, -0.2) is 0 Å². The van der Waals surface area contributed by atoms with Crippen molar-refractivity contribution >= 4 is 0 Å². The van der Waals surface area contributed by atoms with Gasteiger partial charge in [-0.05, 0) is 18.3 Å². The predicted octanol–water partition coefficient (Wildman–Crippen LogP) is 6.79. The Morgan fingerprint density at radius 1 is 0.667 bits per heavy atom. The zero-order chi connectivity index (χ0) is 13.6. The minimum absolute atomic E-state index is 0.833. The van der Waals surface area contributed by atoms with Crippen LogP contribution in [0.25, 0.3) is 0 Å². The summed E-state index contributed by atoms with van der Waals surface area (Å²) in [4.78, 5) is 0. The Hall–Kier alpha value is 0. The van der Waals surface area contributed by atoms with E-state index in [9.17, 15) is 0 Å². The molecule has 0 heterocycles. The normalized spacial score (nSPS) is 14.7. The Labute approximate surface area is 117 Å². The second-order valence-corrected chi connectivity index (χ2v) is 6.06. The van der Waals surface area contributed by atoms with Gasteiger partial charge in [-0.2, -0.15) is 0 Å². The highest BCUT2D eigenvalue weighted by atomic mass is 14.2. The van der Waals surface area contributed by atoms with Crippen molar-refractivity contribution in [1.29, 1.82) is 0 Å². The third-order valence-electron chi connectivity index (χ3n) is 3.97. The fourth-order valence-corrected chi connectivity index (χ4v) is 2.74. The molecule has 0 aromatic heterocycles. The van der Waals surface area contributed by atoms with Crippen molar-refractivity contribution in [3.05, 3.63) is 6.42 Å². The SMILES string of the molecule is CCCCCC(C)[CH]C(CCCC)CCCCC. The number of rotatable bonds is 13. The zero-order valence-electron chi connectivity index (χ0n) is 13.5. The van der Waals surface area contributed by atoms with Crippen LogP contribution in [0.4, 0.5) is 0 Å². The molecular formula is C18H37. The molecule has 109 valence electrons. The Bertz CT molecular complexity index is 150. The molecule has 0 heteroatoms. The van der Waals surface area contributed by atoms with Crippen LogP contribution in [0.2, 0.25) is 0 Å². The van der Waals surface area contributed by atoms with E-state index in [4.69, 9.17) is 0 Å². The molecule has 0 aliphatic heterocycles. The quantitative estimate of drug-likeness (QED) is 0.317. The molecule has 0 aliphatic carbocycles. The van der Waals surface area contributed by atoms with Crippen LogP contribution in [0.5, 0.6) is 0 Å². The molecule has 0 N–H and O–H groups in total. The zero-order valence-corrected chi connectivity index (χ0v) is 13.5. The maximum atomic E-state index is 2.68. The molecule has 0 aromatic carbocycles. The molecule has 0 bridgehead atoms. The molecule has 2 atom stereocenters. The van der Waals surface area contributed by atoms with Crippen molar-refractivity contribution < 1.29 is 0 Å². The number of hydrogen-bond acceptors (Lipinski definition) is 0. The van der Waals surface area contributed by atoms with Gasteiger partial charge in [0.2, 0.25) is 0 Å². The van der Waals surface area contributed by atoms with Crippen molar-refractivity contribution in [2.75, 3.05) is 0 Å². The van der Waals surface area contributed by atoms with E-state index in [1.54, 1.807) is 0 Å². The molecule has 0 spiro atoms. The highest BCUT2D eigenvalue weighted by molar-refractivity contribution is 4.81. The van der Waals surface area contributed by atoms with Crippen LogP contribution >= 0.6 is 0 Å². The van der Waals surface area contributed by atoms with Crippen LogP contribution in [0.3, 0.4) is 0 Å². The lowest BCUT2D eigenvalue weighted by Gasteiger charge is -2.20. The fraction of sp³-hybridized carbons (Fsp3) is 0.944. The summed E-state index contributed by atoms with van der Waals surface area (Å²) in [5, 5.41) is 0. The van der Waals surface area contributed by atoms with Gasteiger partial charge in [0.25, 0.3) is 0 Å². The van der Waals surface area contributed by atoms with E-state index in [2.05, 4.69) is 34.1 Å². The number of unbranched alkanes of at least 4 members (excludes halogenated alkanes) is 5. The average molecular weight is 253 g/mol. The summed E-state index contributed by atoms with van der Waals surface area (Å²) in [5.74, 6) is 1.73. The van der Waals surface area contributed by atoms with Crippen LogP contribution < -0.4 is 0 Å². The minimum atomic E-state index is 0.833. The molecule has 0 saturated carbocycles. The largest absolute Gasteiger partial charge is 0.0654 e. The number of hydrogen-bond donors (Lipinski definition) is 0. The maximum Gasteiger partial charge on any atom is -0.0326 e. The van der Waals surface area contributed by atoms with Crippen molar-refractivity contribution in [2.45, 2.75) is 98.3 Å². The van der Waals surface area contributed by atoms with Gasteiger partial charge in [0.1, 0.15) is 0 Å². The molecule has 2 unspecified atom stereocenters. The molecule has 0 saturated heterocycles. The van der Waals surface area contributed by atoms with Crippen molar-refractivity contribution in [3.8, 4) is 0 Å². The second kappa shape index (κ2) is 13.4. The highest BCUT2D eigenvalue weighted by Crippen LogP contribution is 2.25. The molecule has 0 aliphatic rings. The minimum Gasteiger partial charge on any atom is -0.0654 e. The summed E-state index contributed by atoms with van der Waals surface area (Å²) in [6.07, 6.45) is 18.1. The fourth-order valence-electron chi connectivity index (χ4n) is 2.74. The van der Waals surface area contributed by atoms with E-state index < -0.39 is 0 Å². The van der Waals surface area contributed by atoms with Gasteiger partial charge in [-0.15, -0.1) is 0 Å². The highest BCUT2D eigenvalue weighted by Gasteiger charge is 2.13. The van der Waals surface area contributed by atoms with Gasteiger partial charge < -0.3 is 0 Å². The average Bonchev–Trinajstić information content (AvgIpc) is 2.36. The van der Waals surface area contributed by atoms with Crippen molar-refractivity contribution in [3.63, 3.8) is 0 Å². The van der Waals surface area contributed by atoms with Crippen LogP contribution in [0.15, 0.2) is 0 Å². The summed E-state index contributed by atoms with van der Waals surface area (Å²) in [6.45, 7) is 9.34. The lowest BCUT2D eigenvalue weighted by molar-refractivity contribution is 0.406. The van der Waals surface area contributed by atoms with E-state index in [0.717, 1.165) is 11.8 Å². The third kappa shape index (κ3) is 11.1. The molecule has 0 amide bonds. The predicted molar refractivity (Wildman–Crippen MR) is 84.8 cm³/mol. The first kappa shape index (κ1) is 18.0. The summed E-state index contributed by atoms with van der Waals surface area (Å²) < 4.78 is 0. The third-order valence-corrected chi connectivity index (χ3v) is 3.97. The lowest BCUT2D eigenvalue weighted by atomic mass is 9.85. The first-order valence-electron chi connectivity index (χ1n) is 8.59. The van der Waals surface area contributed by atoms with Crippen LogP contribution in [0.1, 0.15) is 98.3 Å². The Morgan fingerprint density at radius 2 is 1.17 bits per heavy atom. The van der Waals surface area contributed by atoms with E-state index in [0.29, 0.717) is 0 Å². The smallest absolute Gasteiger partial charge is 0.0326 e. The van der Waals surface area contributed by atoms with Gasteiger partial charge in [0, 0.05) is 0 Å². The van der Waals surface area contributed by atoms with Crippen molar-refractivity contribution in [1.82, 2.24) is 0 Å². The van der Waals surface area contributed by atoms with Crippen LogP contribution in [-0.2, 0) is 0 Å². The van der Waals surface area contributed by atoms with E-state index in [1.165, 1.54) is 70.6 Å². The van der Waals surface area contributed by atoms with E-state index in [1.807, 2.05) is 0 Å². The van der Waals surface area contributed by atoms with Gasteiger partial charge in [-0.25, -0.2) is 0 Å². The van der Waals surface area contributed by atoms with Gasteiger partial charge in [-0.1, -0.05) is 98.3 Å². The Kier molecular flexibility index (Phi) is 13.4. The molecule has 0 rings (SSSR count). The molecule has 1 radical (unpaired) electrons. The van der Waals surface area contributed by atoms with Gasteiger partial charge in [0.15, 0.2) is 0 Å². The summed E-state index contributed by atoms with van der Waals surface area (Å²) in [7, 11) is 0. The first-order valence-corrected chi connectivity index (χ1v) is 8.59. The monoisotopic (exact) mass is 253 g/mol. The molecular weight excluding hydrogens is 216 g/mol. The topological polar surface area (TPSA) is 0 Å². The Morgan fingerprint density at radius 3 is 1.72 bits per heavy atom. The summed E-state index contributed by atoms with van der Waals surface area (Å²) in [6, 6.07) is 0. The molecule has 0 aromatic rings. The van der Waals surface area contributed by atoms with E-state index in [-0.39, 0.29) is 0 Å². The molecule has 18 heavy (non-hydrogen) atoms. The summed E-state index contributed by atoms with van der Waals surface area (Å²) in [5.41, 5.74) is 0. The van der Waals surface area contributed by atoms with Gasteiger partial charge in [0.05, 0.1) is 0 Å². The van der Waals surface area contributed by atoms with Crippen molar-refractivity contribution in [2.24, 2.45) is 11.8 Å². The van der Waals surface area contributed by atoms with Crippen LogP contribution in [0, 0.1) is 18.3 Å². The first-order chi connectivity index (χ1) is 8.74. The van der Waals surface area contributed by atoms with E-state index >= 15 is 0 Å². The maximum absolute atomic E-state index is 2.68. The Balaban J connectivity index is 3.80. The lowest BCUT2D eigenvalue weighted by Crippen LogP contribution is -2.08. The second-order valence-electron chi connectivity index (χ2n) is 6.06. The standard InChI is InChI=1S/C18H37/c1-5-8-11-13-17(4)16-18(14-10-7-3)15-12-9-6-2/h16-18H,5-15H2,1-4H3. The summed E-state index contributed by atoms with van der Waals surface area (Å²) >= 11 is 0.